The molecule has 2 aromatic carbocycles. The summed E-state index contributed by atoms with van der Waals surface area (Å²) in [6.07, 6.45) is 2.47. The van der Waals surface area contributed by atoms with E-state index in [1.54, 1.807) is 6.07 Å². The van der Waals surface area contributed by atoms with Crippen molar-refractivity contribution in [3.05, 3.63) is 69.7 Å². The summed E-state index contributed by atoms with van der Waals surface area (Å²) < 4.78 is 0. The predicted molar refractivity (Wildman–Crippen MR) is 106 cm³/mol. The van der Waals surface area contributed by atoms with Crippen LogP contribution in [0.1, 0.15) is 57.2 Å². The van der Waals surface area contributed by atoms with Crippen molar-refractivity contribution >= 4 is 29.1 Å². The summed E-state index contributed by atoms with van der Waals surface area (Å²) in [6, 6.07) is 15.5. The number of carbonyl (C=O) groups excluding carboxylic acids is 1. The number of amides is 1. The van der Waals surface area contributed by atoms with E-state index in [2.05, 4.69) is 19.2 Å². The van der Waals surface area contributed by atoms with Gasteiger partial charge in [-0.05, 0) is 43.0 Å². The highest BCUT2D eigenvalue weighted by molar-refractivity contribution is 6.42. The minimum absolute atomic E-state index is 0.00680. The van der Waals surface area contributed by atoms with E-state index in [9.17, 15) is 4.79 Å². The highest BCUT2D eigenvalue weighted by Crippen LogP contribution is 2.34. The topological polar surface area (TPSA) is 29.1 Å². The van der Waals surface area contributed by atoms with E-state index >= 15 is 0 Å². The van der Waals surface area contributed by atoms with Crippen molar-refractivity contribution in [2.45, 2.75) is 51.5 Å². The summed E-state index contributed by atoms with van der Waals surface area (Å²) in [5, 5.41) is 4.20. The molecule has 2 rings (SSSR count). The third-order valence-corrected chi connectivity index (χ3v) is 5.46. The minimum Gasteiger partial charge on any atom is -0.349 e. The Bertz CT molecular complexity index is 717. The highest BCUT2D eigenvalue weighted by Gasteiger charge is 2.35. The molecule has 1 amide bonds. The Morgan fingerprint density at radius 2 is 1.76 bits per heavy atom. The number of carbonyl (C=O) groups is 1. The number of benzene rings is 2. The number of halogens is 2. The van der Waals surface area contributed by atoms with Crippen LogP contribution in [0.4, 0.5) is 0 Å². The van der Waals surface area contributed by atoms with Crippen LogP contribution >= 0.6 is 23.2 Å². The lowest BCUT2D eigenvalue weighted by Gasteiger charge is -2.31. The average molecular weight is 378 g/mol. The lowest BCUT2D eigenvalue weighted by molar-refractivity contribution is -0.127. The molecule has 0 fully saturated rings. The van der Waals surface area contributed by atoms with E-state index < -0.39 is 5.41 Å². The van der Waals surface area contributed by atoms with Gasteiger partial charge in [-0.1, -0.05) is 79.9 Å². The van der Waals surface area contributed by atoms with Gasteiger partial charge < -0.3 is 5.32 Å². The molecule has 25 heavy (non-hydrogen) atoms. The Hall–Kier alpha value is -1.51. The molecule has 0 spiro atoms. The maximum Gasteiger partial charge on any atom is 0.230 e. The number of hydrogen-bond donors (Lipinski definition) is 1. The Morgan fingerprint density at radius 1 is 1.08 bits per heavy atom. The zero-order valence-electron chi connectivity index (χ0n) is 15.0. The average Bonchev–Trinajstić information content (AvgIpc) is 2.62. The first-order valence-electron chi connectivity index (χ1n) is 8.73. The molecule has 0 heterocycles. The number of hydrogen-bond acceptors (Lipinski definition) is 1. The predicted octanol–water partition coefficient (Wildman–Crippen LogP) is 6.32. The van der Waals surface area contributed by atoms with Gasteiger partial charge in [-0.3, -0.25) is 4.79 Å². The SMILES string of the molecule is CCCC(C)(C(=O)N[C@@H](CC)c1ccccc1)c1ccc(Cl)c(Cl)c1. The molecule has 0 aliphatic carbocycles. The molecule has 0 aliphatic heterocycles. The summed E-state index contributed by atoms with van der Waals surface area (Å²) in [5.41, 5.74) is 1.36. The Morgan fingerprint density at radius 3 is 2.32 bits per heavy atom. The molecule has 0 bridgehead atoms. The van der Waals surface area contributed by atoms with Crippen LogP contribution < -0.4 is 5.32 Å². The first kappa shape index (κ1) is 19.8. The fourth-order valence-electron chi connectivity index (χ4n) is 3.15. The van der Waals surface area contributed by atoms with Crippen LogP contribution in [0.2, 0.25) is 10.0 Å². The van der Waals surface area contributed by atoms with Crippen molar-refractivity contribution in [2.75, 3.05) is 0 Å². The first-order valence-corrected chi connectivity index (χ1v) is 9.49. The molecule has 0 aromatic heterocycles. The first-order chi connectivity index (χ1) is 11.9. The normalized spacial score (nSPS) is 14.6. The molecule has 1 N–H and O–H groups in total. The lowest BCUT2D eigenvalue weighted by Crippen LogP contribution is -2.43. The van der Waals surface area contributed by atoms with Gasteiger partial charge in [-0.15, -0.1) is 0 Å². The summed E-state index contributed by atoms with van der Waals surface area (Å²) >= 11 is 12.2. The van der Waals surface area contributed by atoms with Gasteiger partial charge in [0.1, 0.15) is 0 Å². The molecule has 0 radical (unpaired) electrons. The maximum absolute atomic E-state index is 13.2. The lowest BCUT2D eigenvalue weighted by atomic mass is 9.77. The fraction of sp³-hybridized carbons (Fsp3) is 0.381. The van der Waals surface area contributed by atoms with Crippen LogP contribution in [0.25, 0.3) is 0 Å². The molecule has 0 saturated carbocycles. The minimum atomic E-state index is -0.648. The summed E-state index contributed by atoms with van der Waals surface area (Å²) in [6.45, 7) is 6.13. The second-order valence-corrected chi connectivity index (χ2v) is 7.37. The van der Waals surface area contributed by atoms with Crippen LogP contribution in [0.5, 0.6) is 0 Å². The van der Waals surface area contributed by atoms with Crippen molar-refractivity contribution in [2.24, 2.45) is 0 Å². The molecule has 2 atom stereocenters. The zero-order chi connectivity index (χ0) is 18.4. The monoisotopic (exact) mass is 377 g/mol. The van der Waals surface area contributed by atoms with Gasteiger partial charge in [-0.2, -0.15) is 0 Å². The number of nitrogens with one attached hydrogen (secondary N) is 1. The van der Waals surface area contributed by atoms with Gasteiger partial charge in [0.05, 0.1) is 21.5 Å². The Kier molecular flexibility index (Phi) is 6.92. The molecule has 134 valence electrons. The van der Waals surface area contributed by atoms with E-state index in [0.29, 0.717) is 10.0 Å². The van der Waals surface area contributed by atoms with Crippen molar-refractivity contribution in [3.8, 4) is 0 Å². The maximum atomic E-state index is 13.2. The standard InChI is InChI=1S/C21H25Cl2NO/c1-4-13-21(3,16-11-12-17(22)18(23)14-16)20(25)24-19(5-2)15-9-7-6-8-10-15/h6-12,14,19H,4-5,13H2,1-3H3,(H,24,25)/t19-,21?/m0/s1. The summed E-state index contributed by atoms with van der Waals surface area (Å²) in [4.78, 5) is 13.2. The fourth-order valence-corrected chi connectivity index (χ4v) is 3.45. The largest absolute Gasteiger partial charge is 0.349 e. The summed E-state index contributed by atoms with van der Waals surface area (Å²) in [7, 11) is 0. The van der Waals surface area contributed by atoms with Gasteiger partial charge in [0.25, 0.3) is 0 Å². The third-order valence-electron chi connectivity index (χ3n) is 4.72. The third kappa shape index (κ3) is 4.56. The molecule has 4 heteroatoms. The van der Waals surface area contributed by atoms with E-state index in [1.165, 1.54) is 0 Å². The smallest absolute Gasteiger partial charge is 0.230 e. The molecular formula is C21H25Cl2NO. The quantitative estimate of drug-likeness (QED) is 0.600. The van der Waals surface area contributed by atoms with Crippen LogP contribution in [0.15, 0.2) is 48.5 Å². The van der Waals surface area contributed by atoms with Crippen LogP contribution in [-0.4, -0.2) is 5.91 Å². The van der Waals surface area contributed by atoms with E-state index in [4.69, 9.17) is 23.2 Å². The number of rotatable bonds is 7. The van der Waals surface area contributed by atoms with Crippen molar-refractivity contribution < 1.29 is 4.79 Å². The van der Waals surface area contributed by atoms with E-state index in [0.717, 1.165) is 30.4 Å². The highest BCUT2D eigenvalue weighted by atomic mass is 35.5. The Labute approximate surface area is 160 Å². The Balaban J connectivity index is 2.31. The van der Waals surface area contributed by atoms with Gasteiger partial charge in [0.15, 0.2) is 0 Å². The van der Waals surface area contributed by atoms with Crippen LogP contribution in [0.3, 0.4) is 0 Å². The van der Waals surface area contributed by atoms with Crippen molar-refractivity contribution in [3.63, 3.8) is 0 Å². The zero-order valence-corrected chi connectivity index (χ0v) is 16.5. The summed E-state index contributed by atoms with van der Waals surface area (Å²) in [5.74, 6) is 0.0171. The van der Waals surface area contributed by atoms with E-state index in [-0.39, 0.29) is 11.9 Å². The molecule has 0 aliphatic rings. The van der Waals surface area contributed by atoms with E-state index in [1.807, 2.05) is 49.4 Å². The van der Waals surface area contributed by atoms with Gasteiger partial charge in [0.2, 0.25) is 5.91 Å². The van der Waals surface area contributed by atoms with Crippen LogP contribution in [0, 0.1) is 0 Å². The van der Waals surface area contributed by atoms with Crippen molar-refractivity contribution in [1.29, 1.82) is 0 Å². The second-order valence-electron chi connectivity index (χ2n) is 6.56. The molecular weight excluding hydrogens is 353 g/mol. The molecule has 2 nitrogen and oxygen atoms in total. The van der Waals surface area contributed by atoms with Gasteiger partial charge in [-0.25, -0.2) is 0 Å². The second kappa shape index (κ2) is 8.73. The molecule has 0 saturated heterocycles. The van der Waals surface area contributed by atoms with Gasteiger partial charge in [0, 0.05) is 0 Å². The van der Waals surface area contributed by atoms with Crippen molar-refractivity contribution in [1.82, 2.24) is 5.32 Å². The van der Waals surface area contributed by atoms with Gasteiger partial charge >= 0.3 is 0 Å². The molecule has 2 aromatic rings. The van der Waals surface area contributed by atoms with Crippen LogP contribution in [-0.2, 0) is 10.2 Å². The molecule has 1 unspecified atom stereocenters.